The molecule has 0 amide bonds. The first-order valence-electron chi connectivity index (χ1n) is 13.9. The number of aromatic nitrogens is 2. The molecular formula is C37H24N2O. The molecular weight excluding hydrogens is 488 g/mol. The second kappa shape index (κ2) is 7.93. The fourth-order valence-corrected chi connectivity index (χ4v) is 6.72. The summed E-state index contributed by atoms with van der Waals surface area (Å²) in [6.07, 6.45) is 0.881. The lowest BCUT2D eigenvalue weighted by atomic mass is 9.97. The van der Waals surface area contributed by atoms with E-state index in [1.54, 1.807) is 0 Å². The fourth-order valence-electron chi connectivity index (χ4n) is 6.72. The van der Waals surface area contributed by atoms with E-state index in [1.165, 1.54) is 54.9 Å². The maximum Gasteiger partial charge on any atom is 0.136 e. The lowest BCUT2D eigenvalue weighted by Gasteiger charge is -2.11. The van der Waals surface area contributed by atoms with E-state index in [0.717, 1.165) is 40.1 Å². The van der Waals surface area contributed by atoms with Gasteiger partial charge in [-0.2, -0.15) is 0 Å². The van der Waals surface area contributed by atoms with Crippen molar-refractivity contribution in [2.75, 3.05) is 0 Å². The van der Waals surface area contributed by atoms with Gasteiger partial charge in [-0.1, -0.05) is 79.7 Å². The first kappa shape index (κ1) is 21.7. The lowest BCUT2D eigenvalue weighted by molar-refractivity contribution is 0.669. The highest BCUT2D eigenvalue weighted by Gasteiger charge is 2.25. The van der Waals surface area contributed by atoms with Gasteiger partial charge in [0.2, 0.25) is 0 Å². The van der Waals surface area contributed by atoms with Gasteiger partial charge >= 0.3 is 0 Å². The van der Waals surface area contributed by atoms with Crippen LogP contribution < -0.4 is 0 Å². The minimum atomic E-state index is 0.881. The van der Waals surface area contributed by atoms with Crippen molar-refractivity contribution < 1.29 is 4.42 Å². The molecule has 0 saturated heterocycles. The van der Waals surface area contributed by atoms with Crippen molar-refractivity contribution >= 4 is 43.7 Å². The number of fused-ring (bicyclic) bond motifs is 8. The Balaban J connectivity index is 1.19. The molecule has 3 nitrogen and oxygen atoms in total. The number of hydrogen-bond acceptors (Lipinski definition) is 2. The Morgan fingerprint density at radius 2 is 1.40 bits per heavy atom. The topological polar surface area (TPSA) is 31.0 Å². The van der Waals surface area contributed by atoms with Crippen LogP contribution in [0.5, 0.6) is 0 Å². The van der Waals surface area contributed by atoms with Gasteiger partial charge < -0.3 is 4.42 Å². The summed E-state index contributed by atoms with van der Waals surface area (Å²) in [4.78, 5) is 4.86. The van der Waals surface area contributed by atoms with E-state index in [4.69, 9.17) is 9.40 Å². The zero-order valence-electron chi connectivity index (χ0n) is 22.0. The zero-order chi connectivity index (χ0) is 26.4. The molecule has 2 aromatic heterocycles. The molecule has 6 aromatic carbocycles. The molecule has 0 unspecified atom stereocenters. The third kappa shape index (κ3) is 2.86. The van der Waals surface area contributed by atoms with E-state index >= 15 is 0 Å². The van der Waals surface area contributed by atoms with Crippen LogP contribution in [-0.4, -0.2) is 9.55 Å². The largest absolute Gasteiger partial charge is 0.456 e. The van der Waals surface area contributed by atoms with Gasteiger partial charge in [-0.15, -0.1) is 0 Å². The zero-order valence-corrected chi connectivity index (χ0v) is 22.0. The van der Waals surface area contributed by atoms with Crippen LogP contribution in [0.25, 0.3) is 82.8 Å². The highest BCUT2D eigenvalue weighted by molar-refractivity contribution is 6.28. The summed E-state index contributed by atoms with van der Waals surface area (Å²) in [5.74, 6) is 1.08. The predicted molar refractivity (Wildman–Crippen MR) is 165 cm³/mol. The Labute approximate surface area is 230 Å². The van der Waals surface area contributed by atoms with Gasteiger partial charge in [0.15, 0.2) is 0 Å². The summed E-state index contributed by atoms with van der Waals surface area (Å²) in [6, 6.07) is 41.4. The molecule has 1 aliphatic carbocycles. The first-order chi connectivity index (χ1) is 19.8. The Bertz CT molecular complexity index is 2300. The van der Waals surface area contributed by atoms with Gasteiger partial charge in [0.05, 0.1) is 11.0 Å². The maximum atomic E-state index is 6.35. The molecule has 1 aliphatic rings. The minimum absolute atomic E-state index is 0.881. The van der Waals surface area contributed by atoms with Gasteiger partial charge in [-0.05, 0) is 86.6 Å². The first-order valence-corrected chi connectivity index (χ1v) is 13.9. The van der Waals surface area contributed by atoms with E-state index in [0.29, 0.717) is 0 Å². The maximum absolute atomic E-state index is 6.35. The molecule has 0 atom stereocenters. The second-order valence-electron chi connectivity index (χ2n) is 10.6. The quantitative estimate of drug-likeness (QED) is 0.236. The molecule has 188 valence electrons. The molecule has 8 aromatic rings. The number of benzene rings is 6. The standard InChI is InChI=1S/C37H24N2O/c1-2-35-38-31-11-4-5-12-32(31)39(35)24-17-14-22(15-18-24)23-16-19-25-26-9-7-10-28-36(26)30(29(25)20-23)21-34-37(28)27-8-3-6-13-33(27)40-34/h3-21H,2H2,1H3. The smallest absolute Gasteiger partial charge is 0.136 e. The van der Waals surface area contributed by atoms with Crippen LogP contribution in [0.15, 0.2) is 120 Å². The average Bonchev–Trinajstić information content (AvgIpc) is 3.68. The number of nitrogens with zero attached hydrogens (tertiary/aromatic N) is 2. The monoisotopic (exact) mass is 512 g/mol. The van der Waals surface area contributed by atoms with Gasteiger partial charge in [0.25, 0.3) is 0 Å². The van der Waals surface area contributed by atoms with E-state index < -0.39 is 0 Å². The van der Waals surface area contributed by atoms with Gasteiger partial charge in [0.1, 0.15) is 17.0 Å². The Hall–Kier alpha value is -5.15. The fraction of sp³-hybridized carbons (Fsp3) is 0.0541. The Morgan fingerprint density at radius 1 is 0.600 bits per heavy atom. The highest BCUT2D eigenvalue weighted by atomic mass is 16.3. The number of hydrogen-bond donors (Lipinski definition) is 0. The Morgan fingerprint density at radius 3 is 2.30 bits per heavy atom. The van der Waals surface area contributed by atoms with Crippen molar-refractivity contribution in [3.05, 3.63) is 121 Å². The Kier molecular flexibility index (Phi) is 4.31. The number of rotatable bonds is 3. The summed E-state index contributed by atoms with van der Waals surface area (Å²) in [7, 11) is 0. The van der Waals surface area contributed by atoms with Crippen LogP contribution in [0.3, 0.4) is 0 Å². The average molecular weight is 513 g/mol. The van der Waals surface area contributed by atoms with Crippen molar-refractivity contribution in [1.29, 1.82) is 0 Å². The van der Waals surface area contributed by atoms with E-state index in [-0.39, 0.29) is 0 Å². The third-order valence-corrected chi connectivity index (χ3v) is 8.51. The van der Waals surface area contributed by atoms with Crippen molar-refractivity contribution in [2.45, 2.75) is 13.3 Å². The molecule has 40 heavy (non-hydrogen) atoms. The van der Waals surface area contributed by atoms with Crippen LogP contribution in [0, 0.1) is 0 Å². The number of imidazole rings is 1. The minimum Gasteiger partial charge on any atom is -0.456 e. The van der Waals surface area contributed by atoms with Crippen LogP contribution in [-0.2, 0) is 6.42 Å². The molecule has 0 aliphatic heterocycles. The molecule has 0 radical (unpaired) electrons. The SMILES string of the molecule is CCc1nc2ccccc2n1-c1ccc(-c2ccc3c(c2)-c2cc4oc5ccccc5c4c4cccc-3c24)cc1. The molecule has 3 heteroatoms. The van der Waals surface area contributed by atoms with E-state index in [9.17, 15) is 0 Å². The molecule has 0 bridgehead atoms. The van der Waals surface area contributed by atoms with Gasteiger partial charge in [0, 0.05) is 22.9 Å². The summed E-state index contributed by atoms with van der Waals surface area (Å²) < 4.78 is 8.62. The van der Waals surface area contributed by atoms with E-state index in [1.807, 2.05) is 12.1 Å². The van der Waals surface area contributed by atoms with Crippen LogP contribution >= 0.6 is 0 Å². The molecule has 0 spiro atoms. The molecule has 0 N–H and O–H groups in total. The van der Waals surface area contributed by atoms with Crippen molar-refractivity contribution in [2.24, 2.45) is 0 Å². The summed E-state index contributed by atoms with van der Waals surface area (Å²) >= 11 is 0. The van der Waals surface area contributed by atoms with Crippen LogP contribution in [0.1, 0.15) is 12.7 Å². The van der Waals surface area contributed by atoms with Crippen molar-refractivity contribution in [1.82, 2.24) is 9.55 Å². The second-order valence-corrected chi connectivity index (χ2v) is 10.6. The van der Waals surface area contributed by atoms with Gasteiger partial charge in [-0.3, -0.25) is 4.57 Å². The molecule has 2 heterocycles. The summed E-state index contributed by atoms with van der Waals surface area (Å²) in [5.41, 5.74) is 12.7. The van der Waals surface area contributed by atoms with Crippen LogP contribution in [0.4, 0.5) is 0 Å². The normalized spacial score (nSPS) is 12.2. The number of aryl methyl sites for hydroxylation is 1. The lowest BCUT2D eigenvalue weighted by Crippen LogP contribution is -1.99. The summed E-state index contributed by atoms with van der Waals surface area (Å²) in [6.45, 7) is 2.16. The van der Waals surface area contributed by atoms with Crippen LogP contribution in [0.2, 0.25) is 0 Å². The molecule has 9 rings (SSSR count). The predicted octanol–water partition coefficient (Wildman–Crippen LogP) is 9.95. The van der Waals surface area contributed by atoms with E-state index in [2.05, 4.69) is 115 Å². The van der Waals surface area contributed by atoms with Crippen molar-refractivity contribution in [3.63, 3.8) is 0 Å². The highest BCUT2D eigenvalue weighted by Crippen LogP contribution is 2.51. The van der Waals surface area contributed by atoms with Gasteiger partial charge in [-0.25, -0.2) is 4.98 Å². The third-order valence-electron chi connectivity index (χ3n) is 8.51. The number of furan rings is 1. The summed E-state index contributed by atoms with van der Waals surface area (Å²) in [5, 5.41) is 4.97. The molecule has 0 saturated carbocycles. The number of para-hydroxylation sites is 3. The van der Waals surface area contributed by atoms with Crippen molar-refractivity contribution in [3.8, 4) is 39.1 Å². The molecule has 0 fully saturated rings.